The third-order valence-corrected chi connectivity index (χ3v) is 25.6. The van der Waals surface area contributed by atoms with Crippen molar-refractivity contribution in [1.29, 1.82) is 0 Å². The lowest BCUT2D eigenvalue weighted by Gasteiger charge is -2.49. The number of nitrogens with one attached hydrogen (secondary N) is 3. The van der Waals surface area contributed by atoms with E-state index in [1.807, 2.05) is 56.3 Å². The fraction of sp³-hybridized carbons (Fsp3) is 0.306. The fourth-order valence-corrected chi connectivity index (χ4v) is 18.2. The highest BCUT2D eigenvalue weighted by Gasteiger charge is 2.71. The smallest absolute Gasteiger partial charge is 0.409 e. The quantitative estimate of drug-likeness (QED) is 0.0189. The predicted octanol–water partition coefficient (Wildman–Crippen LogP) is 18.1. The number of carboxylic acid groups (broad SMARTS) is 1. The third kappa shape index (κ3) is 23.6. The molecular weight excluding hydrogens is 1740 g/mol. The minimum atomic E-state index is -4.82. The summed E-state index contributed by atoms with van der Waals surface area (Å²) in [5.74, 6) is 3.15. The van der Waals surface area contributed by atoms with Crippen LogP contribution in [-0.2, 0) is 53.7 Å². The second-order valence-electron chi connectivity index (χ2n) is 28.8. The summed E-state index contributed by atoms with van der Waals surface area (Å²) in [7, 11) is -1.17. The van der Waals surface area contributed by atoms with Crippen molar-refractivity contribution in [2.24, 2.45) is 43.8 Å². The summed E-state index contributed by atoms with van der Waals surface area (Å²) in [4.78, 5) is 54.5. The molecule has 0 radical (unpaired) electrons. The molecule has 6 unspecified atom stereocenters. The number of hydrogen-bond acceptors (Lipinski definition) is 22. The number of halogens is 7. The van der Waals surface area contributed by atoms with E-state index in [-0.39, 0.29) is 34.5 Å². The number of phenolic OH excluding ortho intramolecular Hbond substituents is 2. The Morgan fingerprint density at radius 2 is 1.26 bits per heavy atom. The number of sulfone groups is 1. The second-order valence-corrected chi connectivity index (χ2v) is 33.4. The summed E-state index contributed by atoms with van der Waals surface area (Å²) in [6, 6.07) is 45.7. The Kier molecular flexibility index (Phi) is 31.6. The zero-order valence-electron chi connectivity index (χ0n) is 65.0. The molecule has 630 valence electrons. The van der Waals surface area contributed by atoms with Crippen molar-refractivity contribution in [2.75, 3.05) is 43.4 Å². The van der Waals surface area contributed by atoms with Gasteiger partial charge in [0, 0.05) is 61.6 Å². The maximum Gasteiger partial charge on any atom is 0.409 e. The van der Waals surface area contributed by atoms with Crippen molar-refractivity contribution in [1.82, 2.24) is 0 Å². The molecule has 2 aliphatic heterocycles. The Hall–Kier alpha value is -11.2. The van der Waals surface area contributed by atoms with Gasteiger partial charge in [0.2, 0.25) is 5.91 Å². The van der Waals surface area contributed by atoms with E-state index in [9.17, 15) is 45.6 Å². The fourth-order valence-electron chi connectivity index (χ4n) is 15.6. The molecule has 4 fully saturated rings. The summed E-state index contributed by atoms with van der Waals surface area (Å²) < 4.78 is 88.6. The predicted molar refractivity (Wildman–Crippen MR) is 452 cm³/mol. The van der Waals surface area contributed by atoms with Gasteiger partial charge in [0.15, 0.2) is 26.6 Å². The molecule has 16 rings (SSSR count). The summed E-state index contributed by atoms with van der Waals surface area (Å²) in [5.41, 5.74) is 12.4. The van der Waals surface area contributed by atoms with Crippen LogP contribution in [0.5, 0.6) is 34.5 Å². The van der Waals surface area contributed by atoms with E-state index in [1.165, 1.54) is 86.1 Å². The number of aromatic hydroxyl groups is 2. The van der Waals surface area contributed by atoms with Crippen LogP contribution in [0.2, 0.25) is 10.0 Å². The van der Waals surface area contributed by atoms with Gasteiger partial charge < -0.3 is 75.5 Å². The monoisotopic (exact) mass is 1830 g/mol. The number of nitrogens with zero attached hydrogens (tertiary/aromatic N) is 4. The lowest BCUT2D eigenvalue weighted by atomic mass is 9.55. The first-order valence-electron chi connectivity index (χ1n) is 37.0. The van der Waals surface area contributed by atoms with Crippen molar-refractivity contribution in [2.45, 2.75) is 120 Å². The Morgan fingerprint density at radius 1 is 0.655 bits per heavy atom. The van der Waals surface area contributed by atoms with Gasteiger partial charge in [0.1, 0.15) is 64.8 Å². The van der Waals surface area contributed by atoms with Gasteiger partial charge in [-0.3, -0.25) is 19.2 Å². The van der Waals surface area contributed by atoms with Crippen LogP contribution >= 0.6 is 55.1 Å². The van der Waals surface area contributed by atoms with E-state index in [0.717, 1.165) is 100 Å². The zero-order valence-corrected chi connectivity index (χ0v) is 70.5. The van der Waals surface area contributed by atoms with E-state index in [4.69, 9.17) is 82.7 Å². The minimum absolute atomic E-state index is 0.00676. The largest absolute Gasteiger partial charge is 0.504 e. The number of fused-ring (bicyclic) bond motifs is 6. The van der Waals surface area contributed by atoms with Crippen LogP contribution in [0.25, 0.3) is 11.0 Å². The molecule has 26 nitrogen and oxygen atoms in total. The Labute approximate surface area is 709 Å². The van der Waals surface area contributed by atoms with Crippen molar-refractivity contribution in [3.8, 4) is 34.5 Å². The van der Waals surface area contributed by atoms with Crippen LogP contribution in [-0.4, -0.2) is 131 Å². The summed E-state index contributed by atoms with van der Waals surface area (Å²) >= 11 is 17.7. The molecule has 8 aromatic carbocycles. The first kappa shape index (κ1) is 91.7. The molecule has 1 spiro atoms. The molecule has 6 atom stereocenters. The van der Waals surface area contributed by atoms with Gasteiger partial charge >= 0.3 is 17.8 Å². The number of alkyl halides is 3. The molecule has 5 aliphatic carbocycles. The minimum Gasteiger partial charge on any atom is -0.504 e. The van der Waals surface area contributed by atoms with E-state index in [0.29, 0.717) is 82.4 Å². The average molecular weight is 1830 g/mol. The van der Waals surface area contributed by atoms with Gasteiger partial charge in [-0.15, -0.1) is 0 Å². The van der Waals surface area contributed by atoms with Gasteiger partial charge in [0.05, 0.1) is 36.4 Å². The van der Waals surface area contributed by atoms with E-state index in [2.05, 4.69) is 92.7 Å². The number of rotatable bonds is 11. The molecule has 4 saturated carbocycles. The number of hydrogen-bond donors (Lipinski definition) is 10. The lowest BCUT2D eigenvalue weighted by Crippen LogP contribution is -2.44. The average Bonchev–Trinajstić information content (AvgIpc) is 1.51. The van der Waals surface area contributed by atoms with Gasteiger partial charge in [-0.05, 0) is 269 Å². The maximum atomic E-state index is 12.7. The maximum absolute atomic E-state index is 12.7. The zero-order chi connectivity index (χ0) is 86.7. The van der Waals surface area contributed by atoms with Gasteiger partial charge in [-0.1, -0.05) is 98.8 Å². The molecule has 10 N–H and O–H groups in total. The Bertz CT molecular complexity index is 5440. The molecule has 7 aliphatic rings. The van der Waals surface area contributed by atoms with E-state index >= 15 is 0 Å². The first-order chi connectivity index (χ1) is 56.6. The summed E-state index contributed by atoms with van der Waals surface area (Å²) in [6.45, 7) is 6.63. The number of phenols is 2. The van der Waals surface area contributed by atoms with Crippen LogP contribution in [0, 0.1) is 37.0 Å². The summed E-state index contributed by atoms with van der Waals surface area (Å²) in [5, 5.41) is 78.6. The molecule has 3 amide bonds. The number of amides is 3. The van der Waals surface area contributed by atoms with Gasteiger partial charge in [-0.25, -0.2) is 13.2 Å². The number of aryl methyl sites for hydroxylation is 4. The van der Waals surface area contributed by atoms with Crippen molar-refractivity contribution >= 4 is 140 Å². The molecular formula is C85H86Br2Cl2F3N7O19S. The van der Waals surface area contributed by atoms with Crippen LogP contribution in [0.1, 0.15) is 110 Å². The number of carboxylic acids is 1. The van der Waals surface area contributed by atoms with Crippen molar-refractivity contribution in [3.05, 3.63) is 232 Å². The number of methoxy groups -OCH3 is 2. The van der Waals surface area contributed by atoms with Crippen LogP contribution in [0.15, 0.2) is 201 Å². The molecule has 119 heavy (non-hydrogen) atoms. The number of benzene rings is 8. The number of carbonyl (C=O) groups is 4. The molecule has 3 heterocycles. The highest BCUT2D eigenvalue weighted by molar-refractivity contribution is 9.13. The molecule has 34 heteroatoms. The number of ether oxygens (including phenoxy) is 4. The first-order valence-corrected chi connectivity index (χ1v) is 40.9. The molecule has 1 aromatic heterocycles. The number of carbonyl (C=O) groups excluding carboxylic acids is 3. The Balaban J connectivity index is 0.000000156. The van der Waals surface area contributed by atoms with E-state index in [1.54, 1.807) is 82.7 Å². The van der Waals surface area contributed by atoms with Crippen molar-refractivity contribution in [3.63, 3.8) is 0 Å². The number of anilines is 3. The molecule has 0 saturated heterocycles. The normalized spacial score (nSPS) is 19.9. The SMILES string of the molecule is CC(=O)Nc1ccc(C23CC4CC5CC(C2)C5(C4)C3)cc1.CCc1ccc2c(c1)S(=O)(=O)C(C(F)(F)F)CO2.COc1ccc2c(c1)CCC/C2=N\O.COc1ccc2c(c1)OC/C2=N\O.Cc1ccc(NC(=O)/C=N/O)cc1.Cc1ccc2c(CC(=O)O)cc(=O)oc2c1.O=C(/C=N/O)Nc1ccc(Cl)c(Cl)c1.Oc1cc(Br)c(Br)cc1O. The molecule has 9 aromatic rings. The van der Waals surface area contributed by atoms with Crippen molar-refractivity contribution < 1.29 is 100 Å². The highest BCUT2D eigenvalue weighted by Crippen LogP contribution is 2.79. The van der Waals surface area contributed by atoms with Crippen LogP contribution in [0.3, 0.4) is 0 Å². The summed E-state index contributed by atoms with van der Waals surface area (Å²) in [6.07, 6.45) is 8.89. The third-order valence-electron chi connectivity index (χ3n) is 20.9. The van der Waals surface area contributed by atoms with Crippen LogP contribution < -0.4 is 40.5 Å². The highest BCUT2D eigenvalue weighted by atomic mass is 79.9. The van der Waals surface area contributed by atoms with Gasteiger partial charge in [-0.2, -0.15) is 13.2 Å². The van der Waals surface area contributed by atoms with Crippen LogP contribution in [0.4, 0.5) is 30.2 Å². The number of oxime groups is 4. The number of aliphatic carboxylic acids is 1. The topological polar surface area (TPSA) is 397 Å². The second kappa shape index (κ2) is 41.0. The van der Waals surface area contributed by atoms with Gasteiger partial charge in [0.25, 0.3) is 11.8 Å². The molecule has 3 bridgehead atoms. The lowest BCUT2D eigenvalue weighted by molar-refractivity contribution is -0.137. The standard InChI is InChI=1S/C19H23NO.C12H10O4.C11H11F3O3S.C11H13NO2.C9H10N2O2.C9H9NO3.C8H6Cl2N2O2.C6H4Br2O2/c1-12(21)20-17-4-2-14(3-5-17)18-8-13-6-15-7-16(10-18)19(15,9-13)11-18;1-7-2-3-9-8(5-11(13)14)6-12(15)16-10(9)4-7;1-2-7-3-4-8-9(5-7)18(15,16)10(6-17-8)11(12,13)14;1-14-9-5-6-10-8(7-9)3-2-4-11(10)12-13;1-7-2-4-8(5-3-7)11-9(12)6-10-13;1-12-6-2-3-7-8(10-11)5-13-9(7)4-6;9-6-2-1-5(3-7(6)10)12-8(13)4-11-14;7-3-1-5(9)6(10)2-4(3)8/h2-5,13,15-16H,6-11H2,1H3,(H,20,21);2-4,6H,5H2,1H3,(H,13,14);3-5,10H,2,6H2,1H3;5-7,13H,2-4H2,1H3;2-6,13H,1H3,(H,11,12);2-4,11H,5H2,1H3;1-4,14H,(H,12,13);1-2,9-10H/b;;;12-11+;10-6+;10-8+;11-4+;. The van der Waals surface area contributed by atoms with E-state index < -0.39 is 51.3 Å². The Morgan fingerprint density at radius 3 is 1.86 bits per heavy atom.